The van der Waals surface area contributed by atoms with Crippen LogP contribution < -0.4 is 10.1 Å². The summed E-state index contributed by atoms with van der Waals surface area (Å²) in [5.74, 6) is 0.486. The Balaban J connectivity index is 1.39. The fourth-order valence-electron chi connectivity index (χ4n) is 3.24. The van der Waals surface area contributed by atoms with E-state index in [9.17, 15) is 9.90 Å². The van der Waals surface area contributed by atoms with Crippen LogP contribution >= 0.6 is 11.6 Å². The van der Waals surface area contributed by atoms with E-state index in [1.54, 1.807) is 29.1 Å². The first-order valence-corrected chi connectivity index (χ1v) is 10.1. The van der Waals surface area contributed by atoms with E-state index in [4.69, 9.17) is 16.3 Å². The lowest BCUT2D eigenvalue weighted by Crippen LogP contribution is -2.40. The molecule has 1 aliphatic rings. The summed E-state index contributed by atoms with van der Waals surface area (Å²) in [6.07, 6.45) is 5.62. The van der Waals surface area contributed by atoms with Crippen LogP contribution in [0.4, 0.5) is 4.79 Å². The zero-order valence-corrected chi connectivity index (χ0v) is 17.3. The van der Waals surface area contributed by atoms with Gasteiger partial charge in [0.15, 0.2) is 11.5 Å². The molecule has 1 saturated carbocycles. The van der Waals surface area contributed by atoms with Gasteiger partial charge in [-0.05, 0) is 54.8 Å². The number of amides is 2. The van der Waals surface area contributed by atoms with Crippen molar-refractivity contribution in [1.82, 2.24) is 20.0 Å². The molecule has 30 heavy (non-hydrogen) atoms. The van der Waals surface area contributed by atoms with Crippen LogP contribution in [0.5, 0.6) is 11.5 Å². The van der Waals surface area contributed by atoms with Crippen LogP contribution in [-0.2, 0) is 13.1 Å². The molecular weight excluding hydrogens is 404 g/mol. The molecule has 1 aliphatic carbocycles. The number of nitrogens with zero attached hydrogens (tertiary/aromatic N) is 3. The van der Waals surface area contributed by atoms with Gasteiger partial charge in [-0.1, -0.05) is 17.7 Å². The number of halogens is 1. The van der Waals surface area contributed by atoms with Crippen LogP contribution in [0.3, 0.4) is 0 Å². The number of nitrogens with one attached hydrogen (secondary N) is 1. The van der Waals surface area contributed by atoms with Crippen molar-refractivity contribution in [2.24, 2.45) is 0 Å². The van der Waals surface area contributed by atoms with Crippen molar-refractivity contribution in [3.05, 3.63) is 71.0 Å². The number of rotatable bonds is 7. The average molecular weight is 427 g/mol. The molecule has 0 bridgehead atoms. The summed E-state index contributed by atoms with van der Waals surface area (Å²) in [6, 6.07) is 12.7. The van der Waals surface area contributed by atoms with E-state index >= 15 is 0 Å². The summed E-state index contributed by atoms with van der Waals surface area (Å²) in [6.45, 7) is 0.839. The van der Waals surface area contributed by atoms with Gasteiger partial charge in [-0.2, -0.15) is 5.10 Å². The Morgan fingerprint density at radius 1 is 1.27 bits per heavy atom. The Hall–Kier alpha value is -3.19. The maximum absolute atomic E-state index is 12.8. The minimum Gasteiger partial charge on any atom is -0.504 e. The molecule has 1 fully saturated rings. The van der Waals surface area contributed by atoms with Crippen LogP contribution in [0.1, 0.15) is 24.0 Å². The quantitative estimate of drug-likeness (QED) is 0.595. The number of hydrogen-bond donors (Lipinski definition) is 2. The number of phenols is 1. The highest BCUT2D eigenvalue weighted by Gasteiger charge is 2.32. The van der Waals surface area contributed by atoms with Crippen molar-refractivity contribution in [3.63, 3.8) is 0 Å². The van der Waals surface area contributed by atoms with Gasteiger partial charge in [-0.3, -0.25) is 0 Å². The van der Waals surface area contributed by atoms with Crippen LogP contribution in [-0.4, -0.2) is 39.0 Å². The standard InChI is InChI=1S/C22H23ClN4O3/c1-30-21-10-15(2-9-20(21)28)13-26(18-7-8-18)22(29)24-11-16-12-25-27(14-16)19-5-3-17(23)4-6-19/h2-6,9-10,12,14,18,28H,7-8,11,13H2,1H3,(H,24,29). The third-order valence-corrected chi connectivity index (χ3v) is 5.27. The van der Waals surface area contributed by atoms with Crippen molar-refractivity contribution in [2.45, 2.75) is 32.0 Å². The van der Waals surface area contributed by atoms with Gasteiger partial charge < -0.3 is 20.1 Å². The fourth-order valence-corrected chi connectivity index (χ4v) is 3.36. The second kappa shape index (κ2) is 8.67. The maximum Gasteiger partial charge on any atom is 0.318 e. The van der Waals surface area contributed by atoms with E-state index in [2.05, 4.69) is 10.4 Å². The van der Waals surface area contributed by atoms with Crippen molar-refractivity contribution in [2.75, 3.05) is 7.11 Å². The summed E-state index contributed by atoms with van der Waals surface area (Å²) < 4.78 is 6.92. The second-order valence-electron chi connectivity index (χ2n) is 7.29. The number of urea groups is 1. The molecule has 0 aliphatic heterocycles. The van der Waals surface area contributed by atoms with Gasteiger partial charge in [0.2, 0.25) is 0 Å². The molecule has 2 N–H and O–H groups in total. The number of methoxy groups -OCH3 is 1. The first kappa shape index (κ1) is 20.1. The number of carbonyl (C=O) groups is 1. The SMILES string of the molecule is COc1cc(CN(C(=O)NCc2cnn(-c3ccc(Cl)cc3)c2)C2CC2)ccc1O. The van der Waals surface area contributed by atoms with E-state index in [0.717, 1.165) is 29.7 Å². The highest BCUT2D eigenvalue weighted by Crippen LogP contribution is 2.31. The van der Waals surface area contributed by atoms with Gasteiger partial charge in [0.1, 0.15) is 0 Å². The van der Waals surface area contributed by atoms with E-state index in [1.165, 1.54) is 7.11 Å². The van der Waals surface area contributed by atoms with E-state index in [0.29, 0.717) is 23.9 Å². The summed E-state index contributed by atoms with van der Waals surface area (Å²) in [5.41, 5.74) is 2.71. The number of aromatic hydroxyl groups is 1. The number of aromatic nitrogens is 2. The highest BCUT2D eigenvalue weighted by molar-refractivity contribution is 6.30. The number of hydrogen-bond acceptors (Lipinski definition) is 4. The largest absolute Gasteiger partial charge is 0.504 e. The molecule has 7 nitrogen and oxygen atoms in total. The van der Waals surface area contributed by atoms with E-state index in [-0.39, 0.29) is 17.8 Å². The molecule has 8 heteroatoms. The monoisotopic (exact) mass is 426 g/mol. The molecule has 1 aromatic heterocycles. The molecule has 0 saturated heterocycles. The lowest BCUT2D eigenvalue weighted by atomic mass is 10.2. The van der Waals surface area contributed by atoms with Gasteiger partial charge in [0, 0.05) is 35.9 Å². The molecule has 1 heterocycles. The molecule has 156 valence electrons. The van der Waals surface area contributed by atoms with Crippen molar-refractivity contribution < 1.29 is 14.6 Å². The van der Waals surface area contributed by atoms with Crippen LogP contribution in [0.15, 0.2) is 54.9 Å². The fraction of sp³-hybridized carbons (Fsp3) is 0.273. The Morgan fingerprint density at radius 3 is 2.73 bits per heavy atom. The smallest absolute Gasteiger partial charge is 0.318 e. The zero-order chi connectivity index (χ0) is 21.1. The Morgan fingerprint density at radius 2 is 2.03 bits per heavy atom. The predicted molar refractivity (Wildman–Crippen MR) is 114 cm³/mol. The zero-order valence-electron chi connectivity index (χ0n) is 16.6. The Kier molecular flexibility index (Phi) is 5.81. The van der Waals surface area contributed by atoms with Gasteiger partial charge in [-0.15, -0.1) is 0 Å². The predicted octanol–water partition coefficient (Wildman–Crippen LogP) is 4.11. The average Bonchev–Trinajstić information content (AvgIpc) is 3.49. The normalized spacial score (nSPS) is 13.1. The molecule has 2 aromatic carbocycles. The summed E-state index contributed by atoms with van der Waals surface area (Å²) >= 11 is 5.93. The van der Waals surface area contributed by atoms with Gasteiger partial charge >= 0.3 is 6.03 Å². The van der Waals surface area contributed by atoms with Crippen molar-refractivity contribution >= 4 is 17.6 Å². The van der Waals surface area contributed by atoms with E-state index < -0.39 is 0 Å². The van der Waals surface area contributed by atoms with Gasteiger partial charge in [0.05, 0.1) is 19.0 Å². The van der Waals surface area contributed by atoms with Crippen molar-refractivity contribution in [1.29, 1.82) is 0 Å². The number of benzene rings is 2. The first-order chi connectivity index (χ1) is 14.5. The molecule has 2 amide bonds. The minimum absolute atomic E-state index is 0.0846. The maximum atomic E-state index is 12.8. The highest BCUT2D eigenvalue weighted by atomic mass is 35.5. The molecule has 0 atom stereocenters. The van der Waals surface area contributed by atoms with Crippen LogP contribution in [0.25, 0.3) is 5.69 Å². The third kappa shape index (κ3) is 4.68. The molecule has 3 aromatic rings. The summed E-state index contributed by atoms with van der Waals surface area (Å²) in [4.78, 5) is 14.7. The lowest BCUT2D eigenvalue weighted by molar-refractivity contribution is 0.191. The first-order valence-electron chi connectivity index (χ1n) is 9.73. The summed E-state index contributed by atoms with van der Waals surface area (Å²) in [5, 5.41) is 17.8. The van der Waals surface area contributed by atoms with Gasteiger partial charge in [0.25, 0.3) is 0 Å². The van der Waals surface area contributed by atoms with Crippen molar-refractivity contribution in [3.8, 4) is 17.2 Å². The number of carbonyl (C=O) groups excluding carboxylic acids is 1. The van der Waals surface area contributed by atoms with Crippen LogP contribution in [0.2, 0.25) is 5.02 Å². The van der Waals surface area contributed by atoms with E-state index in [1.807, 2.05) is 35.4 Å². The Bertz CT molecular complexity index is 1030. The van der Waals surface area contributed by atoms with Gasteiger partial charge in [-0.25, -0.2) is 9.48 Å². The minimum atomic E-state index is -0.121. The molecule has 0 unspecified atom stereocenters. The molecule has 0 spiro atoms. The second-order valence-corrected chi connectivity index (χ2v) is 7.73. The lowest BCUT2D eigenvalue weighted by Gasteiger charge is -2.23. The molecule has 4 rings (SSSR count). The Labute approximate surface area is 179 Å². The number of ether oxygens (including phenoxy) is 1. The summed E-state index contributed by atoms with van der Waals surface area (Å²) in [7, 11) is 1.51. The third-order valence-electron chi connectivity index (χ3n) is 5.02. The topological polar surface area (TPSA) is 79.6 Å². The molecule has 0 radical (unpaired) electrons. The van der Waals surface area contributed by atoms with Crippen LogP contribution in [0, 0.1) is 0 Å². The molecular formula is C22H23ClN4O3. The number of phenolic OH excluding ortho intramolecular Hbond substituents is 1.